The molecule has 5 rings (SSSR count). The molecular formula is C31H29F3N6O3S. The van der Waals surface area contributed by atoms with Gasteiger partial charge in [-0.15, -0.1) is 18.3 Å². The number of alkyl halides is 3. The molecule has 0 aliphatic carbocycles. The summed E-state index contributed by atoms with van der Waals surface area (Å²) in [6, 6.07) is 17.9. The zero-order valence-electron chi connectivity index (χ0n) is 24.3. The van der Waals surface area contributed by atoms with Crippen LogP contribution in [-0.4, -0.2) is 50.0 Å². The summed E-state index contributed by atoms with van der Waals surface area (Å²) in [5, 5.41) is 7.72. The van der Waals surface area contributed by atoms with Crippen molar-refractivity contribution in [1.29, 1.82) is 0 Å². The van der Waals surface area contributed by atoms with Crippen molar-refractivity contribution >= 4 is 34.6 Å². The van der Waals surface area contributed by atoms with Crippen LogP contribution in [0.2, 0.25) is 0 Å². The minimum absolute atomic E-state index is 0.0660. The first-order valence-electron chi connectivity index (χ1n) is 13.7. The van der Waals surface area contributed by atoms with Gasteiger partial charge >= 0.3 is 12.4 Å². The van der Waals surface area contributed by atoms with Crippen LogP contribution in [0.15, 0.2) is 78.0 Å². The number of amidine groups is 1. The molecule has 1 fully saturated rings. The van der Waals surface area contributed by atoms with Crippen LogP contribution in [0.5, 0.6) is 5.75 Å². The third kappa shape index (κ3) is 6.94. The fourth-order valence-electron chi connectivity index (χ4n) is 4.81. The molecule has 2 heterocycles. The second kappa shape index (κ2) is 12.5. The molecule has 2 atom stereocenters. The first-order chi connectivity index (χ1) is 20.9. The number of hydrogen-bond acceptors (Lipinski definition) is 6. The molecule has 0 spiro atoms. The maximum Gasteiger partial charge on any atom is 0.573 e. The van der Waals surface area contributed by atoms with Crippen LogP contribution in [0.4, 0.5) is 23.7 Å². The number of anilines is 1. The van der Waals surface area contributed by atoms with Gasteiger partial charge in [0.05, 0.1) is 17.1 Å². The maximum atomic E-state index is 12.9. The second-order valence-corrected chi connectivity index (χ2v) is 11.3. The van der Waals surface area contributed by atoms with Crippen molar-refractivity contribution in [2.45, 2.75) is 46.0 Å². The lowest BCUT2D eigenvalue weighted by Gasteiger charge is -2.22. The Hall–Kier alpha value is -4.65. The first-order valence-corrected chi connectivity index (χ1v) is 14.7. The number of thioether (sulfide) groups is 1. The van der Waals surface area contributed by atoms with Gasteiger partial charge in [0, 0.05) is 17.5 Å². The number of hydrogen-bond donors (Lipinski definition) is 1. The average molecular weight is 623 g/mol. The van der Waals surface area contributed by atoms with Crippen LogP contribution < -0.4 is 15.0 Å². The summed E-state index contributed by atoms with van der Waals surface area (Å²) < 4.78 is 42.6. The Bertz CT molecular complexity index is 1680. The number of benzene rings is 3. The zero-order chi connectivity index (χ0) is 31.6. The highest BCUT2D eigenvalue weighted by Gasteiger charge is 2.33. The number of urea groups is 1. The van der Waals surface area contributed by atoms with Gasteiger partial charge in [0.25, 0.3) is 0 Å². The molecule has 0 bridgehead atoms. The largest absolute Gasteiger partial charge is 0.573 e. The number of amides is 3. The molecule has 3 amide bonds. The summed E-state index contributed by atoms with van der Waals surface area (Å²) in [6.07, 6.45) is -3.29. The molecule has 1 aromatic heterocycles. The zero-order valence-corrected chi connectivity index (χ0v) is 25.1. The molecule has 4 aromatic rings. The Morgan fingerprint density at radius 3 is 2.32 bits per heavy atom. The number of para-hydroxylation sites is 1. The van der Waals surface area contributed by atoms with E-state index >= 15 is 0 Å². The minimum atomic E-state index is -4.76. The molecule has 1 N–H and O–H groups in total. The van der Waals surface area contributed by atoms with E-state index in [0.29, 0.717) is 16.7 Å². The van der Waals surface area contributed by atoms with Gasteiger partial charge in [-0.1, -0.05) is 61.2 Å². The summed E-state index contributed by atoms with van der Waals surface area (Å²) in [5.41, 5.74) is 4.84. The molecule has 0 saturated carbocycles. The van der Waals surface area contributed by atoms with Crippen molar-refractivity contribution < 1.29 is 27.5 Å². The number of carbonyl (C=O) groups is 2. The SMILES string of the molecule is Cc1cccc(C)c1N1C(=O)CS/C1=N\C(=O)NC(C)C(C)c1ccc(-c2ncn(-c3ccc(OC(F)(F)F)cc3)n2)cc1. The number of ether oxygens (including phenoxy) is 1. The third-order valence-electron chi connectivity index (χ3n) is 7.25. The predicted octanol–water partition coefficient (Wildman–Crippen LogP) is 6.79. The van der Waals surface area contributed by atoms with Gasteiger partial charge in [0.1, 0.15) is 12.1 Å². The number of nitrogens with one attached hydrogen (secondary N) is 1. The number of rotatable bonds is 7. The van der Waals surface area contributed by atoms with Crippen LogP contribution in [0, 0.1) is 13.8 Å². The molecule has 3 aromatic carbocycles. The van der Waals surface area contributed by atoms with E-state index in [-0.39, 0.29) is 29.4 Å². The summed E-state index contributed by atoms with van der Waals surface area (Å²) in [7, 11) is 0. The Morgan fingerprint density at radius 2 is 1.68 bits per heavy atom. The van der Waals surface area contributed by atoms with Crippen LogP contribution in [-0.2, 0) is 4.79 Å². The molecule has 1 aliphatic rings. The van der Waals surface area contributed by atoms with Crippen molar-refractivity contribution in [3.8, 4) is 22.8 Å². The molecule has 44 heavy (non-hydrogen) atoms. The summed E-state index contributed by atoms with van der Waals surface area (Å²) in [6.45, 7) is 7.72. The maximum absolute atomic E-state index is 12.9. The van der Waals surface area contributed by atoms with Gasteiger partial charge in [0.15, 0.2) is 11.0 Å². The molecule has 13 heteroatoms. The monoisotopic (exact) mass is 622 g/mol. The van der Waals surface area contributed by atoms with Gasteiger partial charge in [-0.3, -0.25) is 9.69 Å². The highest BCUT2D eigenvalue weighted by molar-refractivity contribution is 8.15. The lowest BCUT2D eigenvalue weighted by molar-refractivity contribution is -0.274. The van der Waals surface area contributed by atoms with E-state index in [2.05, 4.69) is 25.1 Å². The summed E-state index contributed by atoms with van der Waals surface area (Å²) >= 11 is 1.24. The van der Waals surface area contributed by atoms with Gasteiger partial charge in [0.2, 0.25) is 5.91 Å². The van der Waals surface area contributed by atoms with Crippen LogP contribution in [0.1, 0.15) is 36.5 Å². The Kier molecular flexibility index (Phi) is 8.77. The lowest BCUT2D eigenvalue weighted by atomic mass is 9.93. The molecule has 2 unspecified atom stereocenters. The molecular weight excluding hydrogens is 593 g/mol. The quantitative estimate of drug-likeness (QED) is 0.244. The van der Waals surface area contributed by atoms with Crippen molar-refractivity contribution in [2.24, 2.45) is 4.99 Å². The summed E-state index contributed by atoms with van der Waals surface area (Å²) in [4.78, 5) is 35.7. The Balaban J connectivity index is 1.23. The van der Waals surface area contributed by atoms with Crippen molar-refractivity contribution in [1.82, 2.24) is 20.1 Å². The number of halogens is 3. The fourth-order valence-corrected chi connectivity index (χ4v) is 5.66. The van der Waals surface area contributed by atoms with Gasteiger partial charge in [-0.25, -0.2) is 14.5 Å². The lowest BCUT2D eigenvalue weighted by Crippen LogP contribution is -2.36. The second-order valence-electron chi connectivity index (χ2n) is 10.4. The predicted molar refractivity (Wildman–Crippen MR) is 163 cm³/mol. The highest BCUT2D eigenvalue weighted by Crippen LogP contribution is 2.32. The number of aryl methyl sites for hydroxylation is 2. The van der Waals surface area contributed by atoms with E-state index in [4.69, 9.17) is 0 Å². The van der Waals surface area contributed by atoms with Crippen LogP contribution >= 0.6 is 11.8 Å². The Morgan fingerprint density at radius 1 is 1.02 bits per heavy atom. The average Bonchev–Trinajstić information content (AvgIpc) is 3.60. The number of nitrogens with zero attached hydrogens (tertiary/aromatic N) is 5. The highest BCUT2D eigenvalue weighted by atomic mass is 32.2. The van der Waals surface area contributed by atoms with Crippen LogP contribution in [0.3, 0.4) is 0 Å². The van der Waals surface area contributed by atoms with E-state index in [1.165, 1.54) is 51.9 Å². The van der Waals surface area contributed by atoms with Crippen molar-refractivity contribution in [2.75, 3.05) is 10.7 Å². The van der Waals surface area contributed by atoms with E-state index in [9.17, 15) is 22.8 Å². The summed E-state index contributed by atoms with van der Waals surface area (Å²) in [5.74, 6) is 0.149. The van der Waals surface area contributed by atoms with Crippen molar-refractivity contribution in [3.63, 3.8) is 0 Å². The van der Waals surface area contributed by atoms with Gasteiger partial charge < -0.3 is 10.1 Å². The van der Waals surface area contributed by atoms with Gasteiger partial charge in [-0.2, -0.15) is 4.99 Å². The number of aliphatic imine (C=N–C) groups is 1. The molecule has 1 saturated heterocycles. The normalized spacial score (nSPS) is 15.8. The van der Waals surface area contributed by atoms with Crippen molar-refractivity contribution in [3.05, 3.63) is 89.7 Å². The standard InChI is InChI=1S/C31H29F3N6O3S/c1-18-6-5-7-19(2)27(18)40-26(41)16-44-30(40)37-29(42)36-21(4)20(3)22-8-10-23(11-9-22)28-35-17-39(38-28)24-12-14-25(15-13-24)43-31(32,33)34/h5-15,17,20-21H,16H2,1-4H3,(H,36,42)/b37-30-. The van der Waals surface area contributed by atoms with Crippen LogP contribution in [0.25, 0.3) is 17.1 Å². The van der Waals surface area contributed by atoms with Gasteiger partial charge in [-0.05, 0) is 61.7 Å². The van der Waals surface area contributed by atoms with E-state index in [0.717, 1.165) is 27.9 Å². The molecule has 0 radical (unpaired) electrons. The third-order valence-corrected chi connectivity index (χ3v) is 8.17. The smallest absolute Gasteiger partial charge is 0.406 e. The number of carbonyl (C=O) groups excluding carboxylic acids is 2. The fraction of sp³-hybridized carbons (Fsp3) is 0.258. The first kappa shape index (κ1) is 30.8. The van der Waals surface area contributed by atoms with E-state index < -0.39 is 12.4 Å². The minimum Gasteiger partial charge on any atom is -0.406 e. The Labute approximate surface area is 256 Å². The molecule has 1 aliphatic heterocycles. The number of aromatic nitrogens is 3. The molecule has 9 nitrogen and oxygen atoms in total. The topological polar surface area (TPSA) is 102 Å². The molecule has 228 valence electrons. The van der Waals surface area contributed by atoms with E-state index in [1.807, 2.05) is 70.2 Å². The van der Waals surface area contributed by atoms with E-state index in [1.54, 1.807) is 0 Å².